The molecule has 4 aliphatic carbocycles. The number of aliphatic hydroxyl groups is 1. The van der Waals surface area contributed by atoms with Crippen LogP contribution in [0.5, 0.6) is 0 Å². The van der Waals surface area contributed by atoms with Crippen molar-refractivity contribution in [2.45, 2.75) is 105 Å². The average molecular weight is 547 g/mol. The molecule has 0 saturated heterocycles. The molecule has 3 fully saturated rings. The quantitative estimate of drug-likeness (QED) is 0.265. The largest absolute Gasteiger partial charge is 0.459 e. The molecule has 4 aliphatic rings. The van der Waals surface area contributed by atoms with Crippen molar-refractivity contribution in [3.8, 4) is 0 Å². The van der Waals surface area contributed by atoms with E-state index in [2.05, 4.69) is 41.2 Å². The third-order valence-electron chi connectivity index (χ3n) is 11.9. The number of esters is 1. The van der Waals surface area contributed by atoms with Crippen LogP contribution in [-0.2, 0) is 9.53 Å². The first-order valence-electron chi connectivity index (χ1n) is 15.9. The van der Waals surface area contributed by atoms with Crippen molar-refractivity contribution in [2.75, 3.05) is 0 Å². The van der Waals surface area contributed by atoms with Crippen molar-refractivity contribution >= 4 is 11.8 Å². The van der Waals surface area contributed by atoms with Gasteiger partial charge in [-0.2, -0.15) is 0 Å². The van der Waals surface area contributed by atoms with Gasteiger partial charge in [0.15, 0.2) is 5.78 Å². The number of benzene rings is 1. The van der Waals surface area contributed by atoms with Crippen molar-refractivity contribution < 1.29 is 19.4 Å². The van der Waals surface area contributed by atoms with Gasteiger partial charge >= 0.3 is 5.97 Å². The molecule has 0 amide bonds. The fourth-order valence-electron chi connectivity index (χ4n) is 9.59. The monoisotopic (exact) mass is 546 g/mol. The molecule has 5 rings (SSSR count). The smallest absolute Gasteiger partial charge is 0.338 e. The van der Waals surface area contributed by atoms with Crippen molar-refractivity contribution in [2.24, 2.45) is 46.3 Å². The van der Waals surface area contributed by atoms with Gasteiger partial charge in [-0.05, 0) is 104 Å². The van der Waals surface area contributed by atoms with Crippen LogP contribution < -0.4 is 0 Å². The lowest BCUT2D eigenvalue weighted by Crippen LogP contribution is -2.57. The Labute approximate surface area is 241 Å². The predicted molar refractivity (Wildman–Crippen MR) is 160 cm³/mol. The molecule has 9 unspecified atom stereocenters. The summed E-state index contributed by atoms with van der Waals surface area (Å²) in [6.45, 7) is 16.1. The summed E-state index contributed by atoms with van der Waals surface area (Å²) in [6, 6.07) is 9.08. The minimum absolute atomic E-state index is 0.00326. The third kappa shape index (κ3) is 5.03. The van der Waals surface area contributed by atoms with E-state index in [1.807, 2.05) is 24.3 Å². The lowest BCUT2D eigenvalue weighted by molar-refractivity contribution is -0.139. The van der Waals surface area contributed by atoms with Crippen LogP contribution in [0.25, 0.3) is 0 Å². The summed E-state index contributed by atoms with van der Waals surface area (Å²) in [5.74, 6) is 1.74. The van der Waals surface area contributed by atoms with E-state index in [9.17, 15) is 14.7 Å². The molecule has 218 valence electrons. The van der Waals surface area contributed by atoms with Crippen molar-refractivity contribution in [1.82, 2.24) is 0 Å². The molecule has 40 heavy (non-hydrogen) atoms. The molecule has 0 bridgehead atoms. The Morgan fingerprint density at radius 2 is 1.82 bits per heavy atom. The Bertz CT molecular complexity index is 1150. The molecule has 4 nitrogen and oxygen atoms in total. The predicted octanol–water partition coefficient (Wildman–Crippen LogP) is 7.96. The van der Waals surface area contributed by atoms with Crippen LogP contribution >= 0.6 is 0 Å². The first-order chi connectivity index (χ1) is 19.0. The minimum atomic E-state index is -0.469. The Kier molecular flexibility index (Phi) is 8.23. The Balaban J connectivity index is 1.33. The molecular weight excluding hydrogens is 496 g/mol. The molecular formula is C36H50O4. The van der Waals surface area contributed by atoms with E-state index < -0.39 is 6.10 Å². The zero-order chi connectivity index (χ0) is 28.8. The van der Waals surface area contributed by atoms with E-state index in [1.54, 1.807) is 12.1 Å². The highest BCUT2D eigenvalue weighted by atomic mass is 16.5. The second-order valence-electron chi connectivity index (χ2n) is 14.3. The number of hydrogen-bond acceptors (Lipinski definition) is 4. The van der Waals surface area contributed by atoms with Gasteiger partial charge in [0, 0.05) is 11.8 Å². The van der Waals surface area contributed by atoms with Gasteiger partial charge in [0.2, 0.25) is 0 Å². The number of ketones is 1. The van der Waals surface area contributed by atoms with Crippen LogP contribution in [0.3, 0.4) is 0 Å². The number of allylic oxidation sites excluding steroid dienone is 2. The number of aliphatic hydroxyl groups excluding tert-OH is 1. The van der Waals surface area contributed by atoms with Crippen LogP contribution in [0.2, 0.25) is 0 Å². The second-order valence-corrected chi connectivity index (χ2v) is 14.3. The summed E-state index contributed by atoms with van der Waals surface area (Å²) in [4.78, 5) is 26.5. The lowest BCUT2D eigenvalue weighted by Gasteiger charge is -2.58. The molecule has 1 aromatic rings. The topological polar surface area (TPSA) is 63.6 Å². The number of carbonyl (C=O) groups excluding carboxylic acids is 2. The number of fused-ring (bicyclic) bond motifs is 5. The summed E-state index contributed by atoms with van der Waals surface area (Å²) in [6.07, 6.45) is 9.62. The average Bonchev–Trinajstić information content (AvgIpc) is 3.26. The number of rotatable bonds is 8. The van der Waals surface area contributed by atoms with E-state index in [4.69, 9.17) is 4.74 Å². The maximum Gasteiger partial charge on any atom is 0.338 e. The molecule has 1 aromatic carbocycles. The van der Waals surface area contributed by atoms with Crippen molar-refractivity contribution in [3.05, 3.63) is 59.7 Å². The number of carbonyl (C=O) groups is 2. The summed E-state index contributed by atoms with van der Waals surface area (Å²) >= 11 is 0. The normalized spacial score (nSPS) is 37.7. The van der Waals surface area contributed by atoms with Gasteiger partial charge in [0.25, 0.3) is 0 Å². The highest BCUT2D eigenvalue weighted by Crippen LogP contribution is 2.66. The zero-order valence-corrected chi connectivity index (χ0v) is 25.3. The van der Waals surface area contributed by atoms with Gasteiger partial charge < -0.3 is 9.84 Å². The fraction of sp³-hybridized carbons (Fsp3) is 0.667. The Morgan fingerprint density at radius 1 is 1.10 bits per heavy atom. The van der Waals surface area contributed by atoms with Crippen molar-refractivity contribution in [1.29, 1.82) is 0 Å². The van der Waals surface area contributed by atoms with E-state index in [0.717, 1.165) is 44.4 Å². The van der Waals surface area contributed by atoms with Gasteiger partial charge in [-0.1, -0.05) is 77.0 Å². The molecule has 1 N–H and O–H groups in total. The minimum Gasteiger partial charge on any atom is -0.459 e. The molecule has 0 radical (unpaired) electrons. The van der Waals surface area contributed by atoms with E-state index in [0.29, 0.717) is 29.7 Å². The van der Waals surface area contributed by atoms with Crippen LogP contribution in [0, 0.1) is 46.3 Å². The summed E-state index contributed by atoms with van der Waals surface area (Å²) in [5.41, 5.74) is 2.74. The second kappa shape index (κ2) is 11.2. The van der Waals surface area contributed by atoms with E-state index >= 15 is 0 Å². The highest BCUT2D eigenvalue weighted by Gasteiger charge is 2.62. The molecule has 0 aliphatic heterocycles. The van der Waals surface area contributed by atoms with Gasteiger partial charge in [-0.25, -0.2) is 4.79 Å². The summed E-state index contributed by atoms with van der Waals surface area (Å²) in [5, 5.41) is 11.8. The highest BCUT2D eigenvalue weighted by molar-refractivity contribution is 5.95. The van der Waals surface area contributed by atoms with Crippen LogP contribution in [0.1, 0.15) is 103 Å². The van der Waals surface area contributed by atoms with Crippen LogP contribution in [0.4, 0.5) is 0 Å². The molecule has 4 heteroatoms. The molecule has 3 saturated carbocycles. The molecule has 0 spiro atoms. The maximum atomic E-state index is 13.8. The molecule has 0 aromatic heterocycles. The number of ether oxygens (including phenoxy) is 1. The van der Waals surface area contributed by atoms with Crippen LogP contribution in [0.15, 0.2) is 54.1 Å². The Morgan fingerprint density at radius 3 is 2.50 bits per heavy atom. The van der Waals surface area contributed by atoms with Gasteiger partial charge in [-0.3, -0.25) is 4.79 Å². The van der Waals surface area contributed by atoms with E-state index in [1.165, 1.54) is 24.0 Å². The summed E-state index contributed by atoms with van der Waals surface area (Å²) in [7, 11) is 0. The SMILES string of the molecule is C=C(CCC(CC)C(C)C)C1CCC2C3=CC(=O)C4CC(OC(=O)c5ccccc5)CCC4(C)C3C(O)CC12C. The standard InChI is InChI=1S/C36H50O4/c1-7-24(22(2)3)14-13-23(4)28-15-16-29-27-20-31(37)30-19-26(40-34(39)25-11-9-8-10-12-25)17-18-35(30,5)33(27)32(38)21-36(28,29)6/h8-12,20,22,24,26,28-30,32-33,38H,4,7,13-19,21H2,1-3,5-6H3. The fourth-order valence-corrected chi connectivity index (χ4v) is 9.59. The summed E-state index contributed by atoms with van der Waals surface area (Å²) < 4.78 is 5.89. The van der Waals surface area contributed by atoms with Crippen molar-refractivity contribution in [3.63, 3.8) is 0 Å². The van der Waals surface area contributed by atoms with Crippen LogP contribution in [-0.4, -0.2) is 29.1 Å². The first-order valence-corrected chi connectivity index (χ1v) is 15.9. The Hall–Kier alpha value is -2.20. The van der Waals surface area contributed by atoms with E-state index in [-0.39, 0.29) is 40.5 Å². The first kappa shape index (κ1) is 29.3. The molecule has 9 atom stereocenters. The number of hydrogen-bond donors (Lipinski definition) is 1. The third-order valence-corrected chi connectivity index (χ3v) is 11.9. The zero-order valence-electron chi connectivity index (χ0n) is 25.3. The molecule has 0 heterocycles. The van der Waals surface area contributed by atoms with Gasteiger partial charge in [0.05, 0.1) is 11.7 Å². The lowest BCUT2D eigenvalue weighted by atomic mass is 9.46. The maximum absolute atomic E-state index is 13.8. The van der Waals surface area contributed by atoms with Gasteiger partial charge in [-0.15, -0.1) is 0 Å². The van der Waals surface area contributed by atoms with Gasteiger partial charge in [0.1, 0.15) is 6.10 Å².